The SMILES string of the molecule is CC[C@H](C)[C@H](NC(C)=O)C(=O)N[C@H]1CSSC[C@@H](C(=O)N[C@H](C(N)=O)[C@@H](C)O)NC(=O)[C@H](CCCNC(=N)N)NC(=O)[C@H](Cc2cnc[nH]2)NC(=O)[C@H](C)NC(=O)CNC(=O)[C@H](Cc2c[nH]c3ncccc23)NC(=O)[C@H](CC(=O)O)NC(=O)[C@H](CCC(N)=O)NC(=O)[C@H](Cc2c[nH]c3ncccc23)NC(=O)[C@H](C(C)C)NC1=O. The summed E-state index contributed by atoms with van der Waals surface area (Å²) in [5.74, 6) is -20.1. The van der Waals surface area contributed by atoms with Crippen LogP contribution in [0, 0.1) is 17.2 Å². The predicted molar refractivity (Wildman–Crippen MR) is 409 cm³/mol. The van der Waals surface area contributed by atoms with E-state index in [1.165, 1.54) is 65.0 Å². The van der Waals surface area contributed by atoms with Gasteiger partial charge in [-0.1, -0.05) is 55.7 Å². The summed E-state index contributed by atoms with van der Waals surface area (Å²) in [6.45, 7) is 9.03. The number of imidazole rings is 1. The first-order valence-corrected chi connectivity index (χ1v) is 38.5. The number of H-pyrrole nitrogens is 3. The minimum absolute atomic E-state index is 0.00722. The number of nitrogens with one attached hydrogen (secondary N) is 18. The minimum Gasteiger partial charge on any atom is -0.481 e. The quantitative estimate of drug-likeness (QED) is 0.0112. The molecule has 42 nitrogen and oxygen atoms in total. The van der Waals surface area contributed by atoms with E-state index in [1.54, 1.807) is 38.1 Å². The smallest absolute Gasteiger partial charge is 0.305 e. The average molecular weight is 1620 g/mol. The normalized spacial score (nSPS) is 22.7. The van der Waals surface area contributed by atoms with Crippen molar-refractivity contribution in [3.8, 4) is 0 Å². The van der Waals surface area contributed by atoms with Crippen molar-refractivity contribution in [1.82, 2.24) is 104 Å². The van der Waals surface area contributed by atoms with Crippen LogP contribution in [0.15, 0.2) is 61.6 Å². The van der Waals surface area contributed by atoms with E-state index in [4.69, 9.17) is 22.6 Å². The number of guanidine groups is 1. The van der Waals surface area contributed by atoms with Gasteiger partial charge in [-0.25, -0.2) is 15.0 Å². The molecule has 14 atom stereocenters. The lowest BCUT2D eigenvalue weighted by atomic mass is 9.97. The van der Waals surface area contributed by atoms with Gasteiger partial charge in [0.1, 0.15) is 83.8 Å². The summed E-state index contributed by atoms with van der Waals surface area (Å²) in [5, 5.41) is 64.5. The zero-order valence-electron chi connectivity index (χ0n) is 62.9. The number of primary amides is 2. The van der Waals surface area contributed by atoms with Crippen LogP contribution in [-0.4, -0.2) is 244 Å². The Balaban J connectivity index is 1.47. The van der Waals surface area contributed by atoms with Crippen molar-refractivity contribution in [2.75, 3.05) is 24.6 Å². The molecule has 5 aromatic rings. The van der Waals surface area contributed by atoms with Gasteiger partial charge in [-0.2, -0.15) is 0 Å². The van der Waals surface area contributed by atoms with Gasteiger partial charge in [-0.3, -0.25) is 82.1 Å². The van der Waals surface area contributed by atoms with E-state index in [2.05, 4.69) is 104 Å². The standard InChI is InChI=1S/C69H98N24O18S2/c1-8-32(4)53(83-35(7)95)68(111)91-48-29-113-112-28-47(66(109)93-54(34(6)94)55(71)100)90-60(103)41(14-11-19-77-69(72)73)84-63(106)45(22-38-26-74-30-81-38)86-58(101)33(5)82-50(97)27-80-59(102)43(20-36-24-78-56-39(36)12-9-17-75-56)87-64(107)46(23-51(98)99)88-61(104)42(15-16-49(70)96)85-62(105)44(89-67(110)52(31(2)3)92-65(48)108)21-37-25-79-57-40(37)13-10-18-76-57/h9-10,12-13,17-18,24-26,30-34,41-48,52-54,94H,8,11,14-16,19-23,27-29H2,1-7H3,(H2,70,96)(H2,71,100)(H,74,81)(H,75,78)(H,76,79)(H,80,102)(H,82,97)(H,83,95)(H,84,106)(H,85,105)(H,86,101)(H,87,107)(H,88,104)(H,89,110)(H,90,103)(H,91,111)(H,92,108)(H,93,109)(H,98,99)(H4,72,73,77)/t32-,33-,34+,41-,42-,43-,44-,45-,46-,47-,48-,52-,53-,54-/m0/s1. The fraction of sp³-hybridized carbons (Fsp3) is 0.507. The number of carbonyl (C=O) groups is 16. The molecule has 0 radical (unpaired) electrons. The van der Waals surface area contributed by atoms with E-state index in [-0.39, 0.29) is 31.5 Å². The van der Waals surface area contributed by atoms with Crippen LogP contribution in [0.1, 0.15) is 104 Å². The second-order valence-corrected chi connectivity index (χ2v) is 29.7. The number of aliphatic carboxylic acids is 1. The predicted octanol–water partition coefficient (Wildman–Crippen LogP) is -5.87. The number of nitrogens with two attached hydrogens (primary N) is 3. The van der Waals surface area contributed by atoms with Crippen molar-refractivity contribution < 1.29 is 86.9 Å². The maximum absolute atomic E-state index is 15.1. The Morgan fingerprint density at radius 3 is 1.73 bits per heavy atom. The number of hydrogen-bond acceptors (Lipinski definition) is 23. The molecule has 1 saturated heterocycles. The van der Waals surface area contributed by atoms with Gasteiger partial charge in [0.25, 0.3) is 0 Å². The molecule has 6 rings (SSSR count). The van der Waals surface area contributed by atoms with Crippen molar-refractivity contribution in [3.63, 3.8) is 0 Å². The van der Waals surface area contributed by atoms with Crippen LogP contribution in [0.5, 0.6) is 0 Å². The molecule has 0 bridgehead atoms. The highest BCUT2D eigenvalue weighted by Gasteiger charge is 2.39. The Morgan fingerprint density at radius 1 is 0.637 bits per heavy atom. The average Bonchev–Trinajstić information content (AvgIpc) is 1.73. The number of aromatic nitrogens is 6. The number of carbonyl (C=O) groups excluding carboxylic acids is 15. The minimum atomic E-state index is -2.08. The van der Waals surface area contributed by atoms with Crippen molar-refractivity contribution in [3.05, 3.63) is 78.4 Å². The monoisotopic (exact) mass is 1610 g/mol. The second kappa shape index (κ2) is 43.6. The molecule has 26 N–H and O–H groups in total. The van der Waals surface area contributed by atoms with Crippen LogP contribution in [0.4, 0.5) is 0 Å². The highest BCUT2D eigenvalue weighted by Crippen LogP contribution is 2.25. The topological polar surface area (TPSA) is 670 Å². The molecule has 15 amide bonds. The summed E-state index contributed by atoms with van der Waals surface area (Å²) in [7, 11) is 1.63. The van der Waals surface area contributed by atoms with Crippen LogP contribution in [0.2, 0.25) is 0 Å². The molecule has 0 aliphatic carbocycles. The van der Waals surface area contributed by atoms with Crippen molar-refractivity contribution in [2.24, 2.45) is 29.0 Å². The maximum Gasteiger partial charge on any atom is 0.305 e. The first-order valence-electron chi connectivity index (χ1n) is 36.0. The Bertz CT molecular complexity index is 4250. The molecule has 6 heterocycles. The number of fused-ring (bicyclic) bond motifs is 2. The fourth-order valence-electron chi connectivity index (χ4n) is 11.6. The van der Waals surface area contributed by atoms with Gasteiger partial charge in [0.2, 0.25) is 88.6 Å². The number of hydrogen-bond donors (Lipinski definition) is 23. The van der Waals surface area contributed by atoms with Crippen molar-refractivity contribution in [1.29, 1.82) is 5.41 Å². The van der Waals surface area contributed by atoms with E-state index in [1.807, 2.05) is 0 Å². The second-order valence-electron chi connectivity index (χ2n) is 27.2. The zero-order chi connectivity index (χ0) is 83.3. The number of amides is 15. The molecule has 5 aromatic heterocycles. The number of carboxylic acids is 1. The molecule has 1 fully saturated rings. The largest absolute Gasteiger partial charge is 0.481 e. The van der Waals surface area contributed by atoms with Gasteiger partial charge in [-0.15, -0.1) is 0 Å². The Labute approximate surface area is 654 Å². The van der Waals surface area contributed by atoms with Gasteiger partial charge in [0, 0.05) is 98.1 Å². The van der Waals surface area contributed by atoms with Gasteiger partial charge in [0.05, 0.1) is 25.4 Å². The maximum atomic E-state index is 15.1. The number of aromatic amines is 3. The molecule has 0 saturated carbocycles. The first kappa shape index (κ1) is 89.9. The summed E-state index contributed by atoms with van der Waals surface area (Å²) in [4.78, 5) is 246. The lowest BCUT2D eigenvalue weighted by Crippen LogP contribution is -2.61. The van der Waals surface area contributed by atoms with Crippen LogP contribution < -0.4 is 91.6 Å². The van der Waals surface area contributed by atoms with E-state index >= 15 is 14.4 Å². The van der Waals surface area contributed by atoms with Gasteiger partial charge >= 0.3 is 5.97 Å². The van der Waals surface area contributed by atoms with E-state index < -0.39 is 241 Å². The highest BCUT2D eigenvalue weighted by molar-refractivity contribution is 8.76. The molecule has 1 aliphatic heterocycles. The van der Waals surface area contributed by atoms with Crippen molar-refractivity contribution in [2.45, 2.75) is 185 Å². The summed E-state index contributed by atoms with van der Waals surface area (Å²) < 4.78 is 0. The van der Waals surface area contributed by atoms with Crippen molar-refractivity contribution >= 4 is 144 Å². The van der Waals surface area contributed by atoms with Gasteiger partial charge in [-0.05, 0) is 80.3 Å². The summed E-state index contributed by atoms with van der Waals surface area (Å²) >= 11 is 0. The molecule has 1 aliphatic rings. The Kier molecular flexibility index (Phi) is 34.7. The van der Waals surface area contributed by atoms with Crippen LogP contribution >= 0.6 is 21.6 Å². The Hall–Kier alpha value is -12.0. The summed E-state index contributed by atoms with van der Waals surface area (Å²) in [5.41, 5.74) is 18.4. The molecule has 0 aromatic carbocycles. The first-order chi connectivity index (χ1) is 53.5. The lowest BCUT2D eigenvalue weighted by Gasteiger charge is -2.29. The molecule has 44 heteroatoms. The number of rotatable bonds is 25. The third-order valence-electron chi connectivity index (χ3n) is 17.9. The molecule has 113 heavy (non-hydrogen) atoms. The van der Waals surface area contributed by atoms with Crippen LogP contribution in [0.25, 0.3) is 22.1 Å². The third-order valence-corrected chi connectivity index (χ3v) is 20.4. The number of pyridine rings is 2. The zero-order valence-corrected chi connectivity index (χ0v) is 64.6. The molecular weight excluding hydrogens is 1520 g/mol. The van der Waals surface area contributed by atoms with Crippen LogP contribution in [-0.2, 0) is 96.0 Å². The Morgan fingerprint density at radius 2 is 1.18 bits per heavy atom. The van der Waals surface area contributed by atoms with Gasteiger partial charge in [0.15, 0.2) is 5.96 Å². The number of carboxylic acid groups (broad SMARTS) is 1. The van der Waals surface area contributed by atoms with E-state index in [0.29, 0.717) is 39.6 Å². The fourth-order valence-corrected chi connectivity index (χ4v) is 13.9. The third kappa shape index (κ3) is 28.1. The number of nitrogens with zero attached hydrogens (tertiary/aromatic N) is 3. The number of aliphatic hydroxyl groups is 1. The van der Waals surface area contributed by atoms with E-state index in [9.17, 15) is 72.5 Å². The van der Waals surface area contributed by atoms with Gasteiger partial charge < -0.3 is 117 Å². The van der Waals surface area contributed by atoms with E-state index in [0.717, 1.165) is 28.5 Å². The molecule has 0 unspecified atom stereocenters. The lowest BCUT2D eigenvalue weighted by molar-refractivity contribution is -0.141. The number of aliphatic hydroxyl groups excluding tert-OH is 1. The molecular formula is C69H98N24O18S2. The highest BCUT2D eigenvalue weighted by atomic mass is 33.1. The summed E-state index contributed by atoms with van der Waals surface area (Å²) in [6.07, 6.45) is 3.44. The molecule has 0 spiro atoms. The summed E-state index contributed by atoms with van der Waals surface area (Å²) in [6, 6.07) is -13.7. The van der Waals surface area contributed by atoms with Crippen LogP contribution in [0.3, 0.4) is 0 Å². The molecule has 614 valence electrons.